The molecule has 0 saturated carbocycles. The molecule has 0 bridgehead atoms. The number of hydrogen-bond acceptors (Lipinski definition) is 7. The summed E-state index contributed by atoms with van der Waals surface area (Å²) in [5, 5.41) is 11.0. The Labute approximate surface area is 460 Å². The maximum Gasteiger partial charge on any atom is 0.0932 e. The maximum atomic E-state index is 6.45. The number of rotatable bonds is 68. The summed E-state index contributed by atoms with van der Waals surface area (Å²) >= 11 is 0. The summed E-state index contributed by atoms with van der Waals surface area (Å²) < 4.78 is 25.3. The molecular formula is C66H137N3O4. The van der Waals surface area contributed by atoms with Crippen LogP contribution in [0.15, 0.2) is 0 Å². The third-order valence-corrected chi connectivity index (χ3v) is 15.3. The highest BCUT2D eigenvalue weighted by Crippen LogP contribution is 2.16. The fraction of sp³-hybridized carbons (Fsp3) is 1.00. The molecule has 0 saturated heterocycles. The minimum absolute atomic E-state index is 0.125. The molecule has 0 aromatic heterocycles. The standard InChI is InChI=1S/C66H137N3O4/c1-5-9-13-17-21-25-29-33-37-41-45-49-57-70-63-65(72-59-51-47-43-39-35-31-27-23-19-15-11-7-3)61-68-55-53-67-54-56-69-62-66(73-60-52-48-44-40-36-32-28-24-20-16-12-8-4)64-71-58-50-46-42-38-34-30-26-22-18-14-10-6-2/h65-69H,5-64H2,1-4H3. The van der Waals surface area contributed by atoms with E-state index >= 15 is 0 Å². The lowest BCUT2D eigenvalue weighted by Crippen LogP contribution is -2.39. The van der Waals surface area contributed by atoms with E-state index < -0.39 is 0 Å². The minimum Gasteiger partial charge on any atom is -0.379 e. The summed E-state index contributed by atoms with van der Waals surface area (Å²) in [6.07, 6.45) is 66.3. The Bertz CT molecular complexity index is 872. The van der Waals surface area contributed by atoms with Crippen LogP contribution in [0.4, 0.5) is 0 Å². The van der Waals surface area contributed by atoms with E-state index in [-0.39, 0.29) is 12.2 Å². The van der Waals surface area contributed by atoms with Crippen molar-refractivity contribution < 1.29 is 18.9 Å². The summed E-state index contributed by atoms with van der Waals surface area (Å²) in [7, 11) is 0. The van der Waals surface area contributed by atoms with Gasteiger partial charge in [-0.1, -0.05) is 310 Å². The van der Waals surface area contributed by atoms with Crippen molar-refractivity contribution in [3.8, 4) is 0 Å². The molecule has 0 aromatic carbocycles. The molecule has 0 aliphatic heterocycles. The highest BCUT2D eigenvalue weighted by atomic mass is 16.5. The van der Waals surface area contributed by atoms with Gasteiger partial charge in [-0.3, -0.25) is 0 Å². The monoisotopic (exact) mass is 1040 g/mol. The van der Waals surface area contributed by atoms with E-state index in [1.54, 1.807) is 0 Å². The average Bonchev–Trinajstić information content (AvgIpc) is 3.40. The van der Waals surface area contributed by atoms with Crippen LogP contribution in [0.25, 0.3) is 0 Å². The quantitative estimate of drug-likeness (QED) is 0.0524. The van der Waals surface area contributed by atoms with Crippen molar-refractivity contribution in [1.29, 1.82) is 0 Å². The molecule has 7 nitrogen and oxygen atoms in total. The molecule has 0 amide bonds. The van der Waals surface area contributed by atoms with Crippen molar-refractivity contribution in [2.24, 2.45) is 0 Å². The fourth-order valence-electron chi connectivity index (χ4n) is 10.2. The normalized spacial score (nSPS) is 12.7. The molecule has 0 spiro atoms. The van der Waals surface area contributed by atoms with E-state index in [0.717, 1.165) is 78.5 Å². The van der Waals surface area contributed by atoms with Gasteiger partial charge in [0, 0.05) is 65.7 Å². The first-order chi connectivity index (χ1) is 36.3. The predicted molar refractivity (Wildman–Crippen MR) is 324 cm³/mol. The first kappa shape index (κ1) is 72.7. The second-order valence-corrected chi connectivity index (χ2v) is 22.9. The van der Waals surface area contributed by atoms with Crippen LogP contribution in [-0.4, -0.2) is 91.1 Å². The zero-order chi connectivity index (χ0) is 52.5. The average molecular weight is 1040 g/mol. The van der Waals surface area contributed by atoms with Gasteiger partial charge in [-0.15, -0.1) is 0 Å². The Morgan fingerprint density at radius 1 is 0.219 bits per heavy atom. The van der Waals surface area contributed by atoms with Crippen LogP contribution in [0.3, 0.4) is 0 Å². The van der Waals surface area contributed by atoms with E-state index in [0.29, 0.717) is 13.2 Å². The number of hydrogen-bond donors (Lipinski definition) is 3. The lowest BCUT2D eigenvalue weighted by Gasteiger charge is -2.20. The van der Waals surface area contributed by atoms with Crippen molar-refractivity contribution in [3.05, 3.63) is 0 Å². The smallest absolute Gasteiger partial charge is 0.0932 e. The van der Waals surface area contributed by atoms with E-state index in [4.69, 9.17) is 18.9 Å². The summed E-state index contributed by atoms with van der Waals surface area (Å²) in [5.74, 6) is 0. The molecule has 7 heteroatoms. The van der Waals surface area contributed by atoms with Crippen LogP contribution < -0.4 is 16.0 Å². The SMILES string of the molecule is CCCCCCCCCCCCCCOCC(CNCCNCCNCC(COCCCCCCCCCCCCCC)OCCCCCCCCCCCCCC)OCCCCCCCCCCCCCC. The summed E-state index contributed by atoms with van der Waals surface area (Å²) in [6, 6.07) is 0. The second kappa shape index (κ2) is 67.8. The summed E-state index contributed by atoms with van der Waals surface area (Å²) in [4.78, 5) is 0. The number of unbranched alkanes of at least 4 members (excludes halogenated alkanes) is 44. The van der Waals surface area contributed by atoms with Crippen molar-refractivity contribution >= 4 is 0 Å². The maximum absolute atomic E-state index is 6.45. The molecule has 73 heavy (non-hydrogen) atoms. The molecule has 440 valence electrons. The van der Waals surface area contributed by atoms with Gasteiger partial charge in [-0.05, 0) is 25.7 Å². The minimum atomic E-state index is 0.125. The zero-order valence-electron chi connectivity index (χ0n) is 50.7. The molecule has 2 atom stereocenters. The van der Waals surface area contributed by atoms with Crippen LogP contribution in [0.5, 0.6) is 0 Å². The van der Waals surface area contributed by atoms with E-state index in [1.807, 2.05) is 0 Å². The van der Waals surface area contributed by atoms with Crippen molar-refractivity contribution in [3.63, 3.8) is 0 Å². The molecule has 3 N–H and O–H groups in total. The third kappa shape index (κ3) is 64.1. The highest BCUT2D eigenvalue weighted by molar-refractivity contribution is 4.66. The van der Waals surface area contributed by atoms with Crippen LogP contribution in [0.1, 0.15) is 336 Å². The lowest BCUT2D eigenvalue weighted by molar-refractivity contribution is -0.0176. The van der Waals surface area contributed by atoms with Gasteiger partial charge in [0.05, 0.1) is 25.4 Å². The van der Waals surface area contributed by atoms with Gasteiger partial charge in [0.15, 0.2) is 0 Å². The Kier molecular flexibility index (Phi) is 67.6. The highest BCUT2D eigenvalue weighted by Gasteiger charge is 2.11. The molecule has 0 radical (unpaired) electrons. The molecule has 0 rings (SSSR count). The van der Waals surface area contributed by atoms with Crippen molar-refractivity contribution in [1.82, 2.24) is 16.0 Å². The third-order valence-electron chi connectivity index (χ3n) is 15.3. The molecule has 2 unspecified atom stereocenters. The molecule has 0 aliphatic rings. The lowest BCUT2D eigenvalue weighted by atomic mass is 10.1. The summed E-state index contributed by atoms with van der Waals surface area (Å²) in [6.45, 7) is 19.5. The van der Waals surface area contributed by atoms with Gasteiger partial charge < -0.3 is 34.9 Å². The van der Waals surface area contributed by atoms with Gasteiger partial charge in [0.1, 0.15) is 0 Å². The van der Waals surface area contributed by atoms with Crippen molar-refractivity contribution in [2.45, 2.75) is 348 Å². The molecule has 0 fully saturated rings. The van der Waals surface area contributed by atoms with Gasteiger partial charge in [-0.25, -0.2) is 0 Å². The first-order valence-corrected chi connectivity index (χ1v) is 33.8. The van der Waals surface area contributed by atoms with Crippen LogP contribution in [0.2, 0.25) is 0 Å². The van der Waals surface area contributed by atoms with E-state index in [2.05, 4.69) is 43.6 Å². The van der Waals surface area contributed by atoms with E-state index in [9.17, 15) is 0 Å². The van der Waals surface area contributed by atoms with Gasteiger partial charge >= 0.3 is 0 Å². The van der Waals surface area contributed by atoms with E-state index in [1.165, 1.54) is 295 Å². The number of nitrogens with one attached hydrogen (secondary N) is 3. The Hall–Kier alpha value is -0.280. The van der Waals surface area contributed by atoms with Gasteiger partial charge in [0.25, 0.3) is 0 Å². The predicted octanol–water partition coefficient (Wildman–Crippen LogP) is 19.4. The Balaban J connectivity index is 4.48. The van der Waals surface area contributed by atoms with Gasteiger partial charge in [0.2, 0.25) is 0 Å². The zero-order valence-corrected chi connectivity index (χ0v) is 50.7. The van der Waals surface area contributed by atoms with Crippen LogP contribution in [-0.2, 0) is 18.9 Å². The van der Waals surface area contributed by atoms with Crippen LogP contribution >= 0.6 is 0 Å². The second-order valence-electron chi connectivity index (χ2n) is 22.9. The van der Waals surface area contributed by atoms with Crippen LogP contribution in [0, 0.1) is 0 Å². The fourth-order valence-corrected chi connectivity index (χ4v) is 10.2. The molecular weight excluding hydrogens is 899 g/mol. The Morgan fingerprint density at radius 3 is 0.644 bits per heavy atom. The topological polar surface area (TPSA) is 73.0 Å². The van der Waals surface area contributed by atoms with Crippen molar-refractivity contribution in [2.75, 3.05) is 78.9 Å². The largest absolute Gasteiger partial charge is 0.379 e. The van der Waals surface area contributed by atoms with Gasteiger partial charge in [-0.2, -0.15) is 0 Å². The Morgan fingerprint density at radius 2 is 0.411 bits per heavy atom. The number of ether oxygens (including phenoxy) is 4. The summed E-state index contributed by atoms with van der Waals surface area (Å²) in [5.41, 5.74) is 0. The molecule has 0 aromatic rings. The first-order valence-electron chi connectivity index (χ1n) is 33.8. The molecule has 0 heterocycles. The molecule has 0 aliphatic carbocycles.